The van der Waals surface area contributed by atoms with Crippen LogP contribution in [0.4, 0.5) is 5.69 Å². The number of alkyl halides is 1. The molecule has 2 unspecified atom stereocenters. The molecule has 1 fully saturated rings. The van der Waals surface area contributed by atoms with E-state index in [1.54, 1.807) is 24.3 Å². The van der Waals surface area contributed by atoms with Gasteiger partial charge in [-0.3, -0.25) is 9.59 Å². The fraction of sp³-hybridized carbons (Fsp3) is 0.344. The van der Waals surface area contributed by atoms with Crippen molar-refractivity contribution in [2.75, 3.05) is 11.5 Å². The van der Waals surface area contributed by atoms with E-state index >= 15 is 0 Å². The van der Waals surface area contributed by atoms with E-state index < -0.39 is 22.1 Å². The molecule has 0 saturated carbocycles. The molecular weight excluding hydrogens is 542 g/mol. The normalized spacial score (nSPS) is 24.7. The van der Waals surface area contributed by atoms with Crippen molar-refractivity contribution in [1.29, 1.82) is 0 Å². The van der Waals surface area contributed by atoms with Crippen molar-refractivity contribution in [3.05, 3.63) is 101 Å². The second-order valence-corrected chi connectivity index (χ2v) is 11.7. The zero-order chi connectivity index (χ0) is 26.4. The van der Waals surface area contributed by atoms with Crippen LogP contribution in [-0.2, 0) is 18.7 Å². The first kappa shape index (κ1) is 25.1. The average molecular weight is 572 g/mol. The van der Waals surface area contributed by atoms with Crippen molar-refractivity contribution in [2.45, 2.75) is 49.3 Å². The van der Waals surface area contributed by atoms with E-state index in [2.05, 4.69) is 47.1 Å². The molecule has 5 nitrogen and oxygen atoms in total. The maximum absolute atomic E-state index is 14.1. The molecule has 0 aromatic heterocycles. The summed E-state index contributed by atoms with van der Waals surface area (Å²) in [5, 5.41) is 0. The van der Waals surface area contributed by atoms with Gasteiger partial charge < -0.3 is 4.74 Å². The highest BCUT2D eigenvalue weighted by Gasteiger charge is 2.67. The Kier molecular flexibility index (Phi) is 6.47. The number of unbranched alkanes of at least 4 members (excludes halogenated alkanes) is 4. The molecule has 3 aliphatic carbocycles. The van der Waals surface area contributed by atoms with Gasteiger partial charge in [0, 0.05) is 5.92 Å². The van der Waals surface area contributed by atoms with Gasteiger partial charge >= 0.3 is 5.97 Å². The van der Waals surface area contributed by atoms with Gasteiger partial charge in [0.2, 0.25) is 11.8 Å². The first-order valence-electron chi connectivity index (χ1n) is 13.5. The molecule has 7 rings (SSSR count). The number of esters is 1. The molecule has 6 heteroatoms. The van der Waals surface area contributed by atoms with Gasteiger partial charge in [0.15, 0.2) is 0 Å². The number of rotatable bonds is 8. The topological polar surface area (TPSA) is 63.7 Å². The largest absolute Gasteiger partial charge is 0.462 e. The third-order valence-electron chi connectivity index (χ3n) is 8.34. The fourth-order valence-corrected chi connectivity index (χ4v) is 7.86. The zero-order valence-electron chi connectivity index (χ0n) is 21.4. The number of hydrogen-bond donors (Lipinski definition) is 0. The molecule has 1 heterocycles. The molecule has 1 aliphatic heterocycles. The van der Waals surface area contributed by atoms with Crippen molar-refractivity contribution in [3.8, 4) is 0 Å². The number of carbonyl (C=O) groups is 3. The number of ether oxygens (including phenoxy) is 1. The molecule has 194 valence electrons. The number of halogens is 1. The van der Waals surface area contributed by atoms with E-state index in [4.69, 9.17) is 4.74 Å². The van der Waals surface area contributed by atoms with E-state index in [-0.39, 0.29) is 17.7 Å². The number of nitrogens with zero attached hydrogens (tertiary/aromatic N) is 1. The molecule has 0 radical (unpaired) electrons. The Hall–Kier alpha value is -3.25. The second-order valence-electron chi connectivity index (χ2n) is 10.5. The van der Waals surface area contributed by atoms with Crippen LogP contribution in [0.5, 0.6) is 0 Å². The SMILES string of the molecule is CCCCCCCOC(=O)c1cccc(N2C(=O)C3C4c5ccccc5C(Br)(c5ccccc54)C3C2=O)c1. The smallest absolute Gasteiger partial charge is 0.338 e. The predicted octanol–water partition coefficient (Wildman–Crippen LogP) is 6.72. The minimum Gasteiger partial charge on any atom is -0.462 e. The average Bonchev–Trinajstić information content (AvgIpc) is 3.22. The summed E-state index contributed by atoms with van der Waals surface area (Å²) in [5.74, 6) is -2.20. The molecule has 4 aliphatic rings. The lowest BCUT2D eigenvalue weighted by molar-refractivity contribution is -0.122. The lowest BCUT2D eigenvalue weighted by Crippen LogP contribution is -2.50. The Labute approximate surface area is 231 Å². The van der Waals surface area contributed by atoms with Gasteiger partial charge in [-0.25, -0.2) is 9.69 Å². The summed E-state index contributed by atoms with van der Waals surface area (Å²) in [6.45, 7) is 2.53. The summed E-state index contributed by atoms with van der Waals surface area (Å²) in [6, 6.07) is 22.9. The number of hydrogen-bond acceptors (Lipinski definition) is 4. The minimum atomic E-state index is -0.796. The molecule has 3 aromatic carbocycles. The molecule has 0 spiro atoms. The molecule has 0 N–H and O–H groups in total. The number of carbonyl (C=O) groups excluding carboxylic acids is 3. The van der Waals surface area contributed by atoms with Crippen LogP contribution in [0.3, 0.4) is 0 Å². The minimum absolute atomic E-state index is 0.200. The van der Waals surface area contributed by atoms with Gasteiger partial charge in [-0.1, -0.05) is 103 Å². The van der Waals surface area contributed by atoms with Crippen LogP contribution in [0.25, 0.3) is 0 Å². The molecule has 2 atom stereocenters. The van der Waals surface area contributed by atoms with Crippen molar-refractivity contribution >= 4 is 39.4 Å². The highest BCUT2D eigenvalue weighted by Crippen LogP contribution is 2.66. The van der Waals surface area contributed by atoms with E-state index in [0.717, 1.165) is 47.9 Å². The number of anilines is 1. The summed E-state index contributed by atoms with van der Waals surface area (Å²) in [4.78, 5) is 42.2. The Bertz CT molecular complexity index is 1380. The highest BCUT2D eigenvalue weighted by molar-refractivity contribution is 9.09. The van der Waals surface area contributed by atoms with Crippen molar-refractivity contribution < 1.29 is 19.1 Å². The fourth-order valence-electron chi connectivity index (χ4n) is 6.66. The van der Waals surface area contributed by atoms with Crippen LogP contribution >= 0.6 is 15.9 Å². The first-order valence-corrected chi connectivity index (χ1v) is 14.3. The predicted molar refractivity (Wildman–Crippen MR) is 149 cm³/mol. The van der Waals surface area contributed by atoms with Gasteiger partial charge in [0.1, 0.15) is 0 Å². The zero-order valence-corrected chi connectivity index (χ0v) is 22.9. The van der Waals surface area contributed by atoms with Gasteiger partial charge in [-0.15, -0.1) is 0 Å². The molecular formula is C32H30BrNO4. The summed E-state index contributed by atoms with van der Waals surface area (Å²) >= 11 is 4.02. The Morgan fingerprint density at radius 2 is 1.53 bits per heavy atom. The van der Waals surface area contributed by atoms with Gasteiger partial charge in [0.05, 0.1) is 34.0 Å². The summed E-state index contributed by atoms with van der Waals surface area (Å²) in [5.41, 5.74) is 5.02. The van der Waals surface area contributed by atoms with Gasteiger partial charge in [0.25, 0.3) is 0 Å². The Morgan fingerprint density at radius 1 is 0.868 bits per heavy atom. The summed E-state index contributed by atoms with van der Waals surface area (Å²) < 4.78 is 4.69. The molecule has 38 heavy (non-hydrogen) atoms. The van der Waals surface area contributed by atoms with Gasteiger partial charge in [-0.05, 0) is 46.9 Å². The Morgan fingerprint density at radius 3 is 2.21 bits per heavy atom. The number of amides is 2. The molecule has 1 saturated heterocycles. The molecule has 3 aromatic rings. The summed E-state index contributed by atoms with van der Waals surface area (Å²) in [7, 11) is 0. The lowest BCUT2D eigenvalue weighted by atomic mass is 9.55. The monoisotopic (exact) mass is 571 g/mol. The van der Waals surface area contributed by atoms with Crippen molar-refractivity contribution in [2.24, 2.45) is 11.8 Å². The Balaban J connectivity index is 1.31. The number of benzene rings is 3. The summed E-state index contributed by atoms with van der Waals surface area (Å²) in [6.07, 6.45) is 5.34. The first-order chi connectivity index (χ1) is 18.5. The standard InChI is InChI=1S/C32H30BrNO4/c1-2-3-4-5-10-18-38-31(37)20-12-11-13-21(19-20)34-29(35)27-26-22-14-6-8-16-24(22)32(33,28(27)30(34)36)25-17-9-7-15-23(25)26/h6-9,11-17,19,26-28H,2-5,10,18H2,1H3. The molecule has 2 amide bonds. The van der Waals surface area contributed by atoms with Crippen LogP contribution < -0.4 is 4.90 Å². The third-order valence-corrected chi connectivity index (χ3v) is 9.68. The van der Waals surface area contributed by atoms with Crippen LogP contribution in [0.2, 0.25) is 0 Å². The van der Waals surface area contributed by atoms with Crippen molar-refractivity contribution in [3.63, 3.8) is 0 Å². The van der Waals surface area contributed by atoms with Crippen molar-refractivity contribution in [1.82, 2.24) is 0 Å². The van der Waals surface area contributed by atoms with E-state index in [1.807, 2.05) is 24.3 Å². The van der Waals surface area contributed by atoms with Crippen LogP contribution in [-0.4, -0.2) is 24.4 Å². The van der Waals surface area contributed by atoms with Crippen LogP contribution in [0.1, 0.15) is 77.6 Å². The van der Waals surface area contributed by atoms with Gasteiger partial charge in [-0.2, -0.15) is 0 Å². The van der Waals surface area contributed by atoms with Crippen LogP contribution in [0.15, 0.2) is 72.8 Å². The maximum Gasteiger partial charge on any atom is 0.338 e. The quantitative estimate of drug-likeness (QED) is 0.130. The third kappa shape index (κ3) is 3.68. The van der Waals surface area contributed by atoms with E-state index in [9.17, 15) is 14.4 Å². The van der Waals surface area contributed by atoms with E-state index in [0.29, 0.717) is 17.9 Å². The second kappa shape index (κ2) is 9.81. The maximum atomic E-state index is 14.1. The van der Waals surface area contributed by atoms with Crippen LogP contribution in [0, 0.1) is 11.8 Å². The highest BCUT2D eigenvalue weighted by atomic mass is 79.9. The lowest BCUT2D eigenvalue weighted by Gasteiger charge is -2.51. The number of imide groups is 1. The molecule has 2 bridgehead atoms. The van der Waals surface area contributed by atoms with E-state index in [1.165, 1.54) is 11.3 Å².